The summed E-state index contributed by atoms with van der Waals surface area (Å²) in [7, 11) is 0. The number of halogens is 1. The Bertz CT molecular complexity index is 939. The minimum atomic E-state index is -0.128. The molecular weight excluding hydrogens is 526 g/mol. The van der Waals surface area contributed by atoms with Gasteiger partial charge in [0.2, 0.25) is 5.95 Å². The Hall–Kier alpha value is -1.93. The van der Waals surface area contributed by atoms with Crippen molar-refractivity contribution in [1.82, 2.24) is 19.5 Å². The van der Waals surface area contributed by atoms with E-state index in [0.29, 0.717) is 37.3 Å². The SMILES string of the molecule is CCCCCCCCCCCCOCCC(COC(=O)CCCCCCCC)Cn1cnc2c(Cl)nc(N)nc21. The van der Waals surface area contributed by atoms with Crippen LogP contribution in [0.25, 0.3) is 11.2 Å². The van der Waals surface area contributed by atoms with Crippen LogP contribution in [0.2, 0.25) is 5.15 Å². The largest absolute Gasteiger partial charge is 0.465 e. The summed E-state index contributed by atoms with van der Waals surface area (Å²) < 4.78 is 13.6. The molecule has 2 aromatic heterocycles. The number of nitrogens with zero attached hydrogens (tertiary/aromatic N) is 4. The Morgan fingerprint density at radius 3 is 2.12 bits per heavy atom. The van der Waals surface area contributed by atoms with E-state index in [1.165, 1.54) is 83.5 Å². The lowest BCUT2D eigenvalue weighted by Gasteiger charge is -2.18. The minimum absolute atomic E-state index is 0.0635. The summed E-state index contributed by atoms with van der Waals surface area (Å²) in [6, 6.07) is 0. The Kier molecular flexibility index (Phi) is 18.7. The summed E-state index contributed by atoms with van der Waals surface area (Å²) in [5, 5.41) is 0.239. The summed E-state index contributed by atoms with van der Waals surface area (Å²) in [6.45, 7) is 6.79. The van der Waals surface area contributed by atoms with Gasteiger partial charge >= 0.3 is 5.97 Å². The number of hydrogen-bond acceptors (Lipinski definition) is 7. The van der Waals surface area contributed by atoms with E-state index in [9.17, 15) is 4.79 Å². The molecular formula is C31H54ClN5O3. The molecule has 0 bridgehead atoms. The predicted molar refractivity (Wildman–Crippen MR) is 164 cm³/mol. The number of carbonyl (C=O) groups is 1. The van der Waals surface area contributed by atoms with E-state index in [0.717, 1.165) is 32.3 Å². The Morgan fingerprint density at radius 1 is 0.875 bits per heavy atom. The van der Waals surface area contributed by atoms with Gasteiger partial charge in [-0.15, -0.1) is 0 Å². The van der Waals surface area contributed by atoms with Gasteiger partial charge in [0.15, 0.2) is 10.8 Å². The molecule has 0 saturated carbocycles. The lowest BCUT2D eigenvalue weighted by Crippen LogP contribution is -2.21. The molecule has 40 heavy (non-hydrogen) atoms. The van der Waals surface area contributed by atoms with Crippen molar-refractivity contribution >= 4 is 34.7 Å². The Balaban J connectivity index is 1.73. The topological polar surface area (TPSA) is 105 Å². The van der Waals surface area contributed by atoms with E-state index in [-0.39, 0.29) is 23.0 Å². The van der Waals surface area contributed by atoms with Gasteiger partial charge in [-0.3, -0.25) is 4.79 Å². The molecule has 1 atom stereocenters. The van der Waals surface area contributed by atoms with Crippen LogP contribution in [0, 0.1) is 5.92 Å². The van der Waals surface area contributed by atoms with E-state index in [2.05, 4.69) is 28.8 Å². The third-order valence-corrected chi connectivity index (χ3v) is 7.68. The first-order chi connectivity index (χ1) is 19.5. The van der Waals surface area contributed by atoms with Crippen LogP contribution in [0.4, 0.5) is 5.95 Å². The fourth-order valence-corrected chi connectivity index (χ4v) is 5.16. The van der Waals surface area contributed by atoms with Crippen LogP contribution in [0.3, 0.4) is 0 Å². The fourth-order valence-electron chi connectivity index (χ4n) is 4.94. The van der Waals surface area contributed by atoms with E-state index >= 15 is 0 Å². The standard InChI is InChI=1S/C31H54ClN5O3/c1-3-5-7-9-11-12-13-14-16-18-21-39-22-20-26(24-40-27(38)19-17-15-10-8-6-4-2)23-37-25-34-28-29(32)35-31(33)36-30(28)37/h25-26H,3-24H2,1-2H3,(H2,33,35,36). The van der Waals surface area contributed by atoms with Crippen molar-refractivity contribution in [3.8, 4) is 0 Å². The summed E-state index contributed by atoms with van der Waals surface area (Å²) in [5.74, 6) is 0.0476. The van der Waals surface area contributed by atoms with Crippen molar-refractivity contribution in [3.05, 3.63) is 11.5 Å². The van der Waals surface area contributed by atoms with Gasteiger partial charge in [-0.2, -0.15) is 9.97 Å². The van der Waals surface area contributed by atoms with Gasteiger partial charge in [-0.05, 0) is 19.3 Å². The molecule has 0 radical (unpaired) electrons. The first-order valence-corrected chi connectivity index (χ1v) is 16.3. The average molecular weight is 580 g/mol. The second-order valence-electron chi connectivity index (χ2n) is 11.1. The van der Waals surface area contributed by atoms with Crippen LogP contribution in [0.1, 0.15) is 129 Å². The van der Waals surface area contributed by atoms with Crippen molar-refractivity contribution in [2.75, 3.05) is 25.6 Å². The molecule has 0 aliphatic heterocycles. The smallest absolute Gasteiger partial charge is 0.305 e. The number of ether oxygens (including phenoxy) is 2. The minimum Gasteiger partial charge on any atom is -0.465 e. The van der Waals surface area contributed by atoms with Crippen LogP contribution in [0.5, 0.6) is 0 Å². The van der Waals surface area contributed by atoms with Crippen LogP contribution in [0.15, 0.2) is 6.33 Å². The zero-order chi connectivity index (χ0) is 28.8. The van der Waals surface area contributed by atoms with Crippen LogP contribution in [-0.4, -0.2) is 45.3 Å². The zero-order valence-corrected chi connectivity index (χ0v) is 25.9. The number of hydrogen-bond donors (Lipinski definition) is 1. The quantitative estimate of drug-likeness (QED) is 0.0716. The maximum atomic E-state index is 12.4. The highest BCUT2D eigenvalue weighted by atomic mass is 35.5. The van der Waals surface area contributed by atoms with E-state index in [1.54, 1.807) is 6.33 Å². The molecule has 0 aliphatic rings. The molecule has 0 fully saturated rings. The first-order valence-electron chi connectivity index (χ1n) is 15.9. The summed E-state index contributed by atoms with van der Waals surface area (Å²) in [6.07, 6.45) is 22.9. The number of unbranched alkanes of at least 4 members (excludes halogenated alkanes) is 14. The Labute approximate surface area is 247 Å². The molecule has 0 aliphatic carbocycles. The van der Waals surface area contributed by atoms with Gasteiger partial charge in [0, 0.05) is 32.1 Å². The van der Waals surface area contributed by atoms with Crippen molar-refractivity contribution in [2.45, 2.75) is 136 Å². The Morgan fingerprint density at radius 2 is 1.48 bits per heavy atom. The number of anilines is 1. The normalized spacial score (nSPS) is 12.3. The number of rotatable bonds is 25. The zero-order valence-electron chi connectivity index (χ0n) is 25.2. The average Bonchev–Trinajstić information content (AvgIpc) is 3.34. The van der Waals surface area contributed by atoms with E-state index < -0.39 is 0 Å². The van der Waals surface area contributed by atoms with Gasteiger partial charge in [0.05, 0.1) is 12.9 Å². The highest BCUT2D eigenvalue weighted by Crippen LogP contribution is 2.21. The highest BCUT2D eigenvalue weighted by Gasteiger charge is 2.17. The third kappa shape index (κ3) is 14.6. The van der Waals surface area contributed by atoms with Crippen molar-refractivity contribution in [1.29, 1.82) is 0 Å². The molecule has 1 unspecified atom stereocenters. The molecule has 9 heteroatoms. The molecule has 2 N–H and O–H groups in total. The number of fused-ring (bicyclic) bond motifs is 1. The van der Waals surface area contributed by atoms with Gasteiger partial charge in [0.1, 0.15) is 5.52 Å². The van der Waals surface area contributed by atoms with Gasteiger partial charge in [-0.25, -0.2) is 4.98 Å². The number of aromatic nitrogens is 4. The monoisotopic (exact) mass is 579 g/mol. The maximum absolute atomic E-state index is 12.4. The third-order valence-electron chi connectivity index (χ3n) is 7.42. The number of imidazole rings is 1. The highest BCUT2D eigenvalue weighted by molar-refractivity contribution is 6.33. The number of esters is 1. The molecule has 2 aromatic rings. The molecule has 8 nitrogen and oxygen atoms in total. The lowest BCUT2D eigenvalue weighted by atomic mass is 10.1. The first kappa shape index (κ1) is 34.3. The molecule has 0 saturated heterocycles. The van der Waals surface area contributed by atoms with Crippen molar-refractivity contribution in [3.63, 3.8) is 0 Å². The van der Waals surface area contributed by atoms with Crippen LogP contribution >= 0.6 is 11.6 Å². The maximum Gasteiger partial charge on any atom is 0.305 e. The van der Waals surface area contributed by atoms with Crippen molar-refractivity contribution < 1.29 is 14.3 Å². The van der Waals surface area contributed by atoms with E-state index in [1.807, 2.05) is 4.57 Å². The molecule has 2 rings (SSSR count). The molecule has 2 heterocycles. The lowest BCUT2D eigenvalue weighted by molar-refractivity contribution is -0.145. The van der Waals surface area contributed by atoms with E-state index in [4.69, 9.17) is 26.8 Å². The second-order valence-corrected chi connectivity index (χ2v) is 11.4. The fraction of sp³-hybridized carbons (Fsp3) is 0.806. The molecule has 0 spiro atoms. The van der Waals surface area contributed by atoms with Crippen LogP contribution in [-0.2, 0) is 20.8 Å². The number of carbonyl (C=O) groups excluding carboxylic acids is 1. The summed E-state index contributed by atoms with van der Waals surface area (Å²) in [5.41, 5.74) is 6.93. The molecule has 0 amide bonds. The second kappa shape index (κ2) is 21.8. The molecule has 0 aromatic carbocycles. The number of nitrogens with two attached hydrogens (primary N) is 1. The summed E-state index contributed by atoms with van der Waals surface area (Å²) >= 11 is 6.20. The van der Waals surface area contributed by atoms with Gasteiger partial charge < -0.3 is 19.8 Å². The number of nitrogen functional groups attached to an aromatic ring is 1. The van der Waals surface area contributed by atoms with Gasteiger partial charge in [0.25, 0.3) is 0 Å². The summed E-state index contributed by atoms with van der Waals surface area (Å²) in [4.78, 5) is 25.1. The molecule has 228 valence electrons. The van der Waals surface area contributed by atoms with Crippen molar-refractivity contribution in [2.24, 2.45) is 5.92 Å². The van der Waals surface area contributed by atoms with Crippen LogP contribution < -0.4 is 5.73 Å². The predicted octanol–water partition coefficient (Wildman–Crippen LogP) is 8.30. The van der Waals surface area contributed by atoms with Gasteiger partial charge in [-0.1, -0.05) is 115 Å².